The van der Waals surface area contributed by atoms with Crippen LogP contribution in [0.2, 0.25) is 5.02 Å². The quantitative estimate of drug-likeness (QED) is 0.353. The Hall–Kier alpha value is -3.62. The molecule has 4 aromatic rings. The minimum absolute atomic E-state index is 0.0739. The van der Waals surface area contributed by atoms with E-state index in [4.69, 9.17) is 33.3 Å². The Morgan fingerprint density at radius 3 is 2.64 bits per heavy atom. The number of nitrogens with zero attached hydrogens (tertiary/aromatic N) is 2. The van der Waals surface area contributed by atoms with Crippen molar-refractivity contribution in [3.05, 3.63) is 88.3 Å². The first-order valence-corrected chi connectivity index (χ1v) is 12.1. The molecule has 0 aliphatic carbocycles. The minimum Gasteiger partial charge on any atom is -0.493 e. The number of carbonyl (C=O) groups is 1. The largest absolute Gasteiger partial charge is 0.493 e. The monoisotopic (exact) mass is 521 g/mol. The SMILES string of the molecule is COc1cccc([C@@H]2c3[nH]c4ccccc4c3C[C@@H]3C(=O)N(c4ccc(F)c(Cl)c4)C(=S)N23)c1OC. The van der Waals surface area contributed by atoms with Gasteiger partial charge in [-0.1, -0.05) is 41.9 Å². The number of hydrogen-bond acceptors (Lipinski definition) is 4. The number of ether oxygens (including phenoxy) is 2. The zero-order valence-corrected chi connectivity index (χ0v) is 21.0. The molecule has 0 bridgehead atoms. The molecule has 1 saturated heterocycles. The van der Waals surface area contributed by atoms with Crippen LogP contribution in [0.5, 0.6) is 11.5 Å². The van der Waals surface area contributed by atoms with Crippen LogP contribution in [0.4, 0.5) is 10.1 Å². The molecule has 6 rings (SSSR count). The summed E-state index contributed by atoms with van der Waals surface area (Å²) >= 11 is 12.0. The third-order valence-electron chi connectivity index (χ3n) is 6.94. The Morgan fingerprint density at radius 1 is 1.08 bits per heavy atom. The lowest BCUT2D eigenvalue weighted by Crippen LogP contribution is -2.44. The summed E-state index contributed by atoms with van der Waals surface area (Å²) in [5, 5.41) is 1.29. The maximum absolute atomic E-state index is 13.9. The maximum atomic E-state index is 13.9. The number of carbonyl (C=O) groups excluding carboxylic acids is 1. The lowest BCUT2D eigenvalue weighted by molar-refractivity contribution is -0.120. The number of fused-ring (bicyclic) bond motifs is 4. The predicted octanol–water partition coefficient (Wildman–Crippen LogP) is 5.63. The third-order valence-corrected chi connectivity index (χ3v) is 7.62. The molecule has 3 aromatic carbocycles. The van der Waals surface area contributed by atoms with Crippen molar-refractivity contribution >= 4 is 51.4 Å². The second-order valence-electron chi connectivity index (χ2n) is 8.73. The van der Waals surface area contributed by atoms with Gasteiger partial charge in [-0.05, 0) is 48.1 Å². The second kappa shape index (κ2) is 8.50. The van der Waals surface area contributed by atoms with E-state index in [1.165, 1.54) is 23.1 Å². The van der Waals surface area contributed by atoms with Crippen molar-refractivity contribution in [1.29, 1.82) is 0 Å². The number of thiocarbonyl (C=S) groups is 1. The number of methoxy groups -OCH3 is 2. The molecule has 0 spiro atoms. The van der Waals surface area contributed by atoms with E-state index in [2.05, 4.69) is 11.1 Å². The Bertz CT molecular complexity index is 1550. The topological polar surface area (TPSA) is 57.8 Å². The molecular weight excluding hydrogens is 501 g/mol. The molecule has 1 N–H and O–H groups in total. The number of para-hydroxylation sites is 2. The zero-order chi connectivity index (χ0) is 25.1. The van der Waals surface area contributed by atoms with Crippen molar-refractivity contribution in [3.8, 4) is 11.5 Å². The lowest BCUT2D eigenvalue weighted by Gasteiger charge is -2.38. The van der Waals surface area contributed by atoms with E-state index in [9.17, 15) is 9.18 Å². The summed E-state index contributed by atoms with van der Waals surface area (Å²) in [5.74, 6) is 0.392. The van der Waals surface area contributed by atoms with Crippen LogP contribution in [-0.2, 0) is 11.2 Å². The smallest absolute Gasteiger partial charge is 0.256 e. The van der Waals surface area contributed by atoms with Crippen molar-refractivity contribution in [1.82, 2.24) is 9.88 Å². The molecule has 2 atom stereocenters. The number of hydrogen-bond donors (Lipinski definition) is 1. The minimum atomic E-state index is -0.561. The molecule has 36 heavy (non-hydrogen) atoms. The standard InChI is InChI=1S/C27H21ClFN3O3S/c1-34-22-9-5-7-16(25(22)35-2)24-23-17(15-6-3-4-8-20(15)30-23)13-21-26(33)31(27(36)32(21)24)14-10-11-19(29)18(28)12-14/h3-12,21,24,30H,13H2,1-2H3/t21-,24-/m1/s1. The van der Waals surface area contributed by atoms with Gasteiger partial charge in [-0.25, -0.2) is 4.39 Å². The number of H-pyrrole nitrogens is 1. The van der Waals surface area contributed by atoms with Crippen LogP contribution in [0.3, 0.4) is 0 Å². The molecule has 1 amide bonds. The summed E-state index contributed by atoms with van der Waals surface area (Å²) in [6.07, 6.45) is 0.465. The first kappa shape index (κ1) is 22.8. The van der Waals surface area contributed by atoms with Gasteiger partial charge in [-0.15, -0.1) is 0 Å². The highest BCUT2D eigenvalue weighted by molar-refractivity contribution is 7.80. The highest BCUT2D eigenvalue weighted by atomic mass is 35.5. The Labute approximate surface area is 217 Å². The van der Waals surface area contributed by atoms with E-state index in [-0.39, 0.29) is 10.9 Å². The van der Waals surface area contributed by atoms with Gasteiger partial charge in [0.05, 0.1) is 24.9 Å². The summed E-state index contributed by atoms with van der Waals surface area (Å²) < 4.78 is 25.3. The predicted molar refractivity (Wildman–Crippen MR) is 141 cm³/mol. The summed E-state index contributed by atoms with van der Waals surface area (Å²) in [6, 6.07) is 16.9. The maximum Gasteiger partial charge on any atom is 0.256 e. The van der Waals surface area contributed by atoms with Gasteiger partial charge in [-0.3, -0.25) is 9.69 Å². The van der Waals surface area contributed by atoms with Crippen LogP contribution < -0.4 is 14.4 Å². The zero-order valence-electron chi connectivity index (χ0n) is 19.4. The van der Waals surface area contributed by atoms with Crippen molar-refractivity contribution in [3.63, 3.8) is 0 Å². The fourth-order valence-electron chi connectivity index (χ4n) is 5.39. The lowest BCUT2D eigenvalue weighted by atomic mass is 9.88. The van der Waals surface area contributed by atoms with Gasteiger partial charge in [0.2, 0.25) is 0 Å². The number of aromatic nitrogens is 1. The third kappa shape index (κ3) is 3.21. The molecule has 0 unspecified atom stereocenters. The molecule has 1 aromatic heterocycles. The molecule has 3 heterocycles. The van der Waals surface area contributed by atoms with Crippen LogP contribution in [0.1, 0.15) is 22.9 Å². The van der Waals surface area contributed by atoms with Gasteiger partial charge in [0, 0.05) is 28.6 Å². The molecule has 2 aliphatic heterocycles. The summed E-state index contributed by atoms with van der Waals surface area (Å²) in [5.41, 5.74) is 4.21. The molecule has 9 heteroatoms. The Kier molecular flexibility index (Phi) is 5.39. The van der Waals surface area contributed by atoms with Gasteiger partial charge >= 0.3 is 0 Å². The summed E-state index contributed by atoms with van der Waals surface area (Å²) in [4.78, 5) is 20.8. The van der Waals surface area contributed by atoms with Crippen LogP contribution in [0.15, 0.2) is 60.7 Å². The molecule has 2 aliphatic rings. The van der Waals surface area contributed by atoms with Crippen LogP contribution in [0.25, 0.3) is 10.9 Å². The number of anilines is 1. The van der Waals surface area contributed by atoms with Crippen molar-refractivity contribution in [2.45, 2.75) is 18.5 Å². The Morgan fingerprint density at radius 2 is 1.89 bits per heavy atom. The number of aromatic amines is 1. The number of rotatable bonds is 4. The van der Waals surface area contributed by atoms with Gasteiger partial charge in [0.25, 0.3) is 5.91 Å². The van der Waals surface area contributed by atoms with Gasteiger partial charge in [0.1, 0.15) is 17.9 Å². The normalized spacial score (nSPS) is 19.0. The fourth-order valence-corrected chi connectivity index (χ4v) is 5.99. The van der Waals surface area contributed by atoms with E-state index < -0.39 is 17.9 Å². The van der Waals surface area contributed by atoms with Crippen LogP contribution in [0, 0.1) is 5.82 Å². The second-order valence-corrected chi connectivity index (χ2v) is 9.50. The van der Waals surface area contributed by atoms with Gasteiger partial charge in [0.15, 0.2) is 16.6 Å². The highest BCUT2D eigenvalue weighted by Crippen LogP contribution is 2.48. The Balaban J connectivity index is 1.58. The first-order chi connectivity index (χ1) is 17.4. The van der Waals surface area contributed by atoms with Crippen LogP contribution >= 0.6 is 23.8 Å². The summed E-state index contributed by atoms with van der Waals surface area (Å²) in [6.45, 7) is 0. The summed E-state index contributed by atoms with van der Waals surface area (Å²) in [7, 11) is 3.18. The first-order valence-electron chi connectivity index (χ1n) is 11.4. The van der Waals surface area contributed by atoms with Crippen molar-refractivity contribution in [2.75, 3.05) is 19.1 Å². The number of nitrogens with one attached hydrogen (secondary N) is 1. The van der Waals surface area contributed by atoms with Gasteiger partial charge in [-0.2, -0.15) is 0 Å². The van der Waals surface area contributed by atoms with Crippen molar-refractivity contribution in [2.24, 2.45) is 0 Å². The fraction of sp³-hybridized carbons (Fsp3) is 0.185. The van der Waals surface area contributed by atoms with Gasteiger partial charge < -0.3 is 19.4 Å². The molecule has 0 radical (unpaired) electrons. The van der Waals surface area contributed by atoms with Crippen LogP contribution in [-0.4, -0.2) is 41.2 Å². The molecule has 6 nitrogen and oxygen atoms in total. The average Bonchev–Trinajstić information content (AvgIpc) is 3.38. The molecular formula is C27H21ClFN3O3S. The number of amides is 1. The number of halogens is 2. The molecule has 1 fully saturated rings. The average molecular weight is 522 g/mol. The van der Waals surface area contributed by atoms with E-state index >= 15 is 0 Å². The van der Waals surface area contributed by atoms with E-state index in [1.807, 2.05) is 41.3 Å². The van der Waals surface area contributed by atoms with Crippen molar-refractivity contribution < 1.29 is 18.7 Å². The van der Waals surface area contributed by atoms with E-state index in [0.717, 1.165) is 27.7 Å². The highest BCUT2D eigenvalue weighted by Gasteiger charge is 2.51. The molecule has 0 saturated carbocycles. The number of benzene rings is 3. The molecule has 182 valence electrons. The van der Waals surface area contributed by atoms with E-state index in [1.54, 1.807) is 14.2 Å². The van der Waals surface area contributed by atoms with E-state index in [0.29, 0.717) is 28.7 Å².